The molecular formula is C12H10N2SV. The molecule has 79 valence electrons. The molecule has 0 aliphatic heterocycles. The molecule has 0 amide bonds. The normalized spacial score (nSPS) is 10.6. The van der Waals surface area contributed by atoms with Gasteiger partial charge in [-0.2, -0.15) is 6.92 Å². The first kappa shape index (κ1) is 11.5. The molecule has 2 nitrogen and oxygen atoms in total. The Kier molecular flexibility index (Phi) is 2.93. The Morgan fingerprint density at radius 3 is 3.00 bits per heavy atom. The minimum atomic E-state index is 0. The van der Waals surface area contributed by atoms with E-state index in [2.05, 4.69) is 34.7 Å². The van der Waals surface area contributed by atoms with Crippen LogP contribution in [0.2, 0.25) is 0 Å². The average Bonchev–Trinajstić information content (AvgIpc) is 2.65. The maximum Gasteiger partial charge on any atom is 0.191 e. The monoisotopic (exact) mass is 265 g/mol. The SMILES string of the molecule is [CH2-]c1cc2c3ncsc3ccc2[n+](C)c1.[V]. The van der Waals surface area contributed by atoms with Crippen LogP contribution in [0.1, 0.15) is 5.56 Å². The molecule has 0 unspecified atom stereocenters. The zero-order valence-corrected chi connectivity index (χ0v) is 11.1. The van der Waals surface area contributed by atoms with Crippen molar-refractivity contribution < 1.29 is 23.1 Å². The van der Waals surface area contributed by atoms with Crippen molar-refractivity contribution in [2.75, 3.05) is 0 Å². The number of thiazole rings is 1. The number of pyridine rings is 1. The molecule has 4 heteroatoms. The Bertz CT molecular complexity index is 660. The van der Waals surface area contributed by atoms with Gasteiger partial charge in [0.2, 0.25) is 0 Å². The van der Waals surface area contributed by atoms with Crippen LogP contribution in [0, 0.1) is 6.92 Å². The van der Waals surface area contributed by atoms with Crippen molar-refractivity contribution in [3.05, 3.63) is 42.4 Å². The first-order chi connectivity index (χ1) is 7.25. The molecule has 0 fully saturated rings. The molecule has 3 aromatic rings. The van der Waals surface area contributed by atoms with Gasteiger partial charge in [0, 0.05) is 30.0 Å². The number of benzene rings is 1. The fourth-order valence-corrected chi connectivity index (χ4v) is 2.62. The summed E-state index contributed by atoms with van der Waals surface area (Å²) in [6.07, 6.45) is 2.03. The second-order valence-corrected chi connectivity index (χ2v) is 4.54. The van der Waals surface area contributed by atoms with Crippen molar-refractivity contribution in [1.82, 2.24) is 4.98 Å². The van der Waals surface area contributed by atoms with E-state index in [-0.39, 0.29) is 18.6 Å². The van der Waals surface area contributed by atoms with E-state index < -0.39 is 0 Å². The number of rotatable bonds is 0. The molecule has 0 atom stereocenters. The van der Waals surface area contributed by atoms with Gasteiger partial charge in [0.25, 0.3) is 0 Å². The second-order valence-electron chi connectivity index (χ2n) is 3.66. The Morgan fingerprint density at radius 1 is 1.38 bits per heavy atom. The summed E-state index contributed by atoms with van der Waals surface area (Å²) in [5.74, 6) is 0. The molecule has 1 aromatic carbocycles. The summed E-state index contributed by atoms with van der Waals surface area (Å²) in [7, 11) is 2.04. The smallest absolute Gasteiger partial charge is 0.191 e. The third-order valence-corrected chi connectivity index (χ3v) is 3.38. The summed E-state index contributed by atoms with van der Waals surface area (Å²) in [6, 6.07) is 6.35. The summed E-state index contributed by atoms with van der Waals surface area (Å²) < 4.78 is 3.32. The van der Waals surface area contributed by atoms with Gasteiger partial charge >= 0.3 is 0 Å². The summed E-state index contributed by atoms with van der Waals surface area (Å²) in [5.41, 5.74) is 5.18. The molecule has 0 saturated heterocycles. The number of fused-ring (bicyclic) bond motifs is 3. The Hall–Kier alpha value is -1.03. The van der Waals surface area contributed by atoms with Gasteiger partial charge < -0.3 is 0 Å². The van der Waals surface area contributed by atoms with Gasteiger partial charge in [-0.1, -0.05) is 0 Å². The molecule has 0 aliphatic rings. The summed E-state index contributed by atoms with van der Waals surface area (Å²) >= 11 is 1.67. The van der Waals surface area contributed by atoms with Crippen LogP contribution >= 0.6 is 11.3 Å². The van der Waals surface area contributed by atoms with Crippen molar-refractivity contribution >= 4 is 32.5 Å². The van der Waals surface area contributed by atoms with E-state index in [1.165, 1.54) is 15.6 Å². The molecule has 0 spiro atoms. The van der Waals surface area contributed by atoms with Gasteiger partial charge in [0.15, 0.2) is 5.52 Å². The van der Waals surface area contributed by atoms with E-state index >= 15 is 0 Å². The number of aromatic nitrogens is 2. The van der Waals surface area contributed by atoms with Crippen LogP contribution in [0.5, 0.6) is 0 Å². The van der Waals surface area contributed by atoms with Crippen molar-refractivity contribution in [3.63, 3.8) is 0 Å². The van der Waals surface area contributed by atoms with Gasteiger partial charge in [-0.05, 0) is 6.07 Å². The van der Waals surface area contributed by atoms with E-state index in [9.17, 15) is 0 Å². The molecule has 0 saturated carbocycles. The van der Waals surface area contributed by atoms with Gasteiger partial charge in [-0.25, -0.2) is 4.98 Å². The van der Waals surface area contributed by atoms with Crippen molar-refractivity contribution in [2.24, 2.45) is 7.05 Å². The average molecular weight is 265 g/mol. The molecule has 2 aromatic heterocycles. The predicted molar refractivity (Wildman–Crippen MR) is 62.8 cm³/mol. The van der Waals surface area contributed by atoms with Crippen molar-refractivity contribution in [2.45, 2.75) is 0 Å². The van der Waals surface area contributed by atoms with Crippen molar-refractivity contribution in [3.8, 4) is 0 Å². The number of hydrogen-bond donors (Lipinski definition) is 0. The van der Waals surface area contributed by atoms with E-state index in [4.69, 9.17) is 0 Å². The van der Waals surface area contributed by atoms with Crippen LogP contribution in [0.25, 0.3) is 21.1 Å². The topological polar surface area (TPSA) is 16.8 Å². The third-order valence-electron chi connectivity index (χ3n) is 2.59. The maximum absolute atomic E-state index is 4.41. The van der Waals surface area contributed by atoms with Crippen LogP contribution in [-0.2, 0) is 25.6 Å². The molecule has 3 rings (SSSR count). The molecular weight excluding hydrogens is 255 g/mol. The number of nitrogens with zero attached hydrogens (tertiary/aromatic N) is 2. The molecule has 2 heterocycles. The van der Waals surface area contributed by atoms with Gasteiger partial charge in [0.05, 0.1) is 21.9 Å². The number of aryl methyl sites for hydroxylation is 1. The second kappa shape index (κ2) is 4.09. The van der Waals surface area contributed by atoms with Crippen LogP contribution in [0.15, 0.2) is 29.9 Å². The first-order valence-corrected chi connectivity index (χ1v) is 5.61. The van der Waals surface area contributed by atoms with E-state index in [0.717, 1.165) is 11.1 Å². The standard InChI is InChI=1S/C12H10N2S.V/c1-8-5-9-10(14(2)6-8)3-4-11-12(9)13-7-15-11;/h3-7H,1H2,2H3;. The largest absolute Gasteiger partial charge is 0.256 e. The van der Waals surface area contributed by atoms with E-state index in [0.29, 0.717) is 0 Å². The molecule has 0 bridgehead atoms. The van der Waals surface area contributed by atoms with Crippen LogP contribution in [0.3, 0.4) is 0 Å². The fraction of sp³-hybridized carbons (Fsp3) is 0.0833. The quantitative estimate of drug-likeness (QED) is 0.450. The zero-order chi connectivity index (χ0) is 10.4. The van der Waals surface area contributed by atoms with Gasteiger partial charge in [0.1, 0.15) is 7.05 Å². The first-order valence-electron chi connectivity index (χ1n) is 4.73. The van der Waals surface area contributed by atoms with Crippen LogP contribution in [0.4, 0.5) is 0 Å². The van der Waals surface area contributed by atoms with Gasteiger partial charge in [-0.15, -0.1) is 23.0 Å². The van der Waals surface area contributed by atoms with Gasteiger partial charge in [-0.3, -0.25) is 4.57 Å². The molecule has 0 aliphatic carbocycles. The summed E-state index contributed by atoms with van der Waals surface area (Å²) in [4.78, 5) is 4.41. The van der Waals surface area contributed by atoms with Crippen molar-refractivity contribution in [1.29, 1.82) is 0 Å². The fourth-order valence-electron chi connectivity index (χ4n) is 1.93. The Labute approximate surface area is 110 Å². The van der Waals surface area contributed by atoms with E-state index in [1.54, 1.807) is 11.3 Å². The zero-order valence-electron chi connectivity index (χ0n) is 8.84. The van der Waals surface area contributed by atoms with Crippen LogP contribution in [-0.4, -0.2) is 4.98 Å². The van der Waals surface area contributed by atoms with Crippen LogP contribution < -0.4 is 4.57 Å². The Balaban J connectivity index is 0.000000963. The summed E-state index contributed by atoms with van der Waals surface area (Å²) in [6.45, 7) is 3.98. The molecule has 1 radical (unpaired) electrons. The van der Waals surface area contributed by atoms with E-state index in [1.807, 2.05) is 18.8 Å². The minimum Gasteiger partial charge on any atom is -0.256 e. The molecule has 0 N–H and O–H groups in total. The minimum absolute atomic E-state index is 0. The third kappa shape index (κ3) is 1.61. The molecule has 16 heavy (non-hydrogen) atoms. The maximum atomic E-state index is 4.41. The predicted octanol–water partition coefficient (Wildman–Crippen LogP) is 2.45. The number of hydrogen-bond acceptors (Lipinski definition) is 2. The Morgan fingerprint density at radius 2 is 2.19 bits per heavy atom. The summed E-state index contributed by atoms with van der Waals surface area (Å²) in [5, 5.41) is 1.18.